The van der Waals surface area contributed by atoms with Crippen molar-refractivity contribution >= 4 is 23.4 Å². The largest absolute Gasteiger partial charge is 0.374 e. The van der Waals surface area contributed by atoms with E-state index in [1.807, 2.05) is 13.8 Å². The second-order valence-electron chi connectivity index (χ2n) is 7.73. The number of hydrogen-bond acceptors (Lipinski definition) is 5. The van der Waals surface area contributed by atoms with Crippen molar-refractivity contribution in [3.05, 3.63) is 11.3 Å². The number of nitrogens with zero attached hydrogens (tertiary/aromatic N) is 1. The summed E-state index contributed by atoms with van der Waals surface area (Å²) >= 11 is 0. The maximum atomic E-state index is 12.8. The van der Waals surface area contributed by atoms with Crippen molar-refractivity contribution in [2.24, 2.45) is 17.8 Å². The summed E-state index contributed by atoms with van der Waals surface area (Å²) in [5.74, 6) is -1.14. The molecular weight excluding hydrogens is 320 g/mol. The highest BCUT2D eigenvalue weighted by molar-refractivity contribution is 6.23. The van der Waals surface area contributed by atoms with Crippen LogP contribution in [0.5, 0.6) is 0 Å². The Morgan fingerprint density at radius 3 is 2.00 bits per heavy atom. The Hall–Kier alpha value is -1.98. The van der Waals surface area contributed by atoms with Crippen molar-refractivity contribution in [1.29, 1.82) is 0 Å². The molecule has 0 radical (unpaired) electrons. The molecule has 6 heteroatoms. The standard InChI is InChI=1S/C19H26N2O4/c1-11-7-12(2)19(25)17(18(11)24)14(21-5-3-4-6-21)8-13-9-15(22)20-16(23)10-13/h11-13H,3-10H2,1-2H3,(H,20,22,23)/t11-,12-/m0/s1. The average molecular weight is 346 g/mol. The lowest BCUT2D eigenvalue weighted by molar-refractivity contribution is -0.135. The minimum atomic E-state index is -0.268. The number of imide groups is 1. The third kappa shape index (κ3) is 3.67. The van der Waals surface area contributed by atoms with Gasteiger partial charge in [-0.3, -0.25) is 24.5 Å². The van der Waals surface area contributed by atoms with Gasteiger partial charge in [0.05, 0.1) is 5.57 Å². The Morgan fingerprint density at radius 1 is 0.960 bits per heavy atom. The van der Waals surface area contributed by atoms with Gasteiger partial charge in [-0.05, 0) is 31.6 Å². The highest BCUT2D eigenvalue weighted by Crippen LogP contribution is 2.35. The van der Waals surface area contributed by atoms with Gasteiger partial charge in [0, 0.05) is 43.5 Å². The Balaban J connectivity index is 1.96. The first kappa shape index (κ1) is 17.8. The van der Waals surface area contributed by atoms with Gasteiger partial charge in [0.15, 0.2) is 11.6 Å². The van der Waals surface area contributed by atoms with Gasteiger partial charge >= 0.3 is 0 Å². The molecule has 3 rings (SSSR count). The first-order valence-corrected chi connectivity index (χ1v) is 9.26. The monoisotopic (exact) mass is 346 g/mol. The number of allylic oxidation sites excluding steroid dienone is 2. The van der Waals surface area contributed by atoms with Crippen LogP contribution >= 0.6 is 0 Å². The molecule has 136 valence electrons. The second-order valence-corrected chi connectivity index (χ2v) is 7.73. The van der Waals surface area contributed by atoms with Crippen LogP contribution in [0.1, 0.15) is 52.4 Å². The lowest BCUT2D eigenvalue weighted by atomic mass is 9.76. The van der Waals surface area contributed by atoms with E-state index in [1.165, 1.54) is 0 Å². The van der Waals surface area contributed by atoms with Crippen LogP contribution in [0.25, 0.3) is 0 Å². The molecule has 1 saturated carbocycles. The molecule has 0 spiro atoms. The quantitative estimate of drug-likeness (QED) is 0.477. The molecule has 2 aliphatic heterocycles. The molecule has 3 fully saturated rings. The lowest BCUT2D eigenvalue weighted by Crippen LogP contribution is -2.40. The zero-order chi connectivity index (χ0) is 18.1. The molecule has 0 unspecified atom stereocenters. The number of piperidine rings is 1. The first-order valence-electron chi connectivity index (χ1n) is 9.26. The van der Waals surface area contributed by atoms with Crippen molar-refractivity contribution < 1.29 is 19.2 Å². The number of hydrogen-bond donors (Lipinski definition) is 1. The van der Waals surface area contributed by atoms with Gasteiger partial charge in [-0.15, -0.1) is 0 Å². The summed E-state index contributed by atoms with van der Waals surface area (Å²) in [4.78, 5) is 51.1. The number of ketones is 2. The Bertz CT molecular complexity index is 608. The summed E-state index contributed by atoms with van der Waals surface area (Å²) in [6.07, 6.45) is 3.65. The molecule has 2 saturated heterocycles. The number of Topliss-reactive ketones (excluding diaryl/α,β-unsaturated/α-hetero) is 2. The lowest BCUT2D eigenvalue weighted by Gasteiger charge is -2.32. The van der Waals surface area contributed by atoms with E-state index in [0.717, 1.165) is 31.6 Å². The number of nitrogens with one attached hydrogen (secondary N) is 1. The Labute approximate surface area is 148 Å². The molecule has 2 heterocycles. The molecule has 2 amide bonds. The molecule has 0 bridgehead atoms. The van der Waals surface area contributed by atoms with Crippen molar-refractivity contribution in [1.82, 2.24) is 10.2 Å². The third-order valence-corrected chi connectivity index (χ3v) is 5.58. The van der Waals surface area contributed by atoms with Gasteiger partial charge in [0.2, 0.25) is 11.8 Å². The molecule has 1 N–H and O–H groups in total. The maximum Gasteiger partial charge on any atom is 0.226 e. The minimum Gasteiger partial charge on any atom is -0.374 e. The van der Waals surface area contributed by atoms with E-state index in [2.05, 4.69) is 10.2 Å². The SMILES string of the molecule is C[C@H]1C[C@H](C)C(=O)C(=C(CC2CC(=O)NC(=O)C2)N2CCCC2)C1=O. The normalized spacial score (nSPS) is 28.6. The van der Waals surface area contributed by atoms with Crippen molar-refractivity contribution in [2.75, 3.05) is 13.1 Å². The average Bonchev–Trinajstić information content (AvgIpc) is 3.05. The molecule has 1 aliphatic carbocycles. The van der Waals surface area contributed by atoms with Crippen LogP contribution in [0.4, 0.5) is 0 Å². The summed E-state index contributed by atoms with van der Waals surface area (Å²) in [6, 6.07) is 0. The fourth-order valence-electron chi connectivity index (χ4n) is 4.29. The van der Waals surface area contributed by atoms with E-state index in [-0.39, 0.29) is 54.0 Å². The topological polar surface area (TPSA) is 83.6 Å². The molecule has 3 aliphatic rings. The van der Waals surface area contributed by atoms with E-state index in [4.69, 9.17) is 0 Å². The van der Waals surface area contributed by atoms with Gasteiger partial charge in [0.25, 0.3) is 0 Å². The predicted molar refractivity (Wildman–Crippen MR) is 91.3 cm³/mol. The van der Waals surface area contributed by atoms with Gasteiger partial charge in [-0.1, -0.05) is 13.8 Å². The van der Waals surface area contributed by atoms with Gasteiger partial charge < -0.3 is 4.90 Å². The molecule has 0 aromatic heterocycles. The van der Waals surface area contributed by atoms with Crippen LogP contribution in [0, 0.1) is 17.8 Å². The van der Waals surface area contributed by atoms with E-state index < -0.39 is 0 Å². The summed E-state index contributed by atoms with van der Waals surface area (Å²) in [7, 11) is 0. The molecule has 0 aromatic rings. The molecular formula is C19H26N2O4. The van der Waals surface area contributed by atoms with E-state index in [1.54, 1.807) is 0 Å². The van der Waals surface area contributed by atoms with E-state index >= 15 is 0 Å². The van der Waals surface area contributed by atoms with Gasteiger partial charge in [-0.2, -0.15) is 0 Å². The van der Waals surface area contributed by atoms with E-state index in [9.17, 15) is 19.2 Å². The fraction of sp³-hybridized carbons (Fsp3) is 0.684. The van der Waals surface area contributed by atoms with Crippen LogP contribution < -0.4 is 5.32 Å². The first-order chi connectivity index (χ1) is 11.9. The summed E-state index contributed by atoms with van der Waals surface area (Å²) in [6.45, 7) is 5.42. The Kier molecular flexibility index (Phi) is 5.06. The maximum absolute atomic E-state index is 12.8. The van der Waals surface area contributed by atoms with Crippen LogP contribution in [-0.2, 0) is 19.2 Å². The molecule has 2 atom stereocenters. The van der Waals surface area contributed by atoms with Crippen LogP contribution in [-0.4, -0.2) is 41.4 Å². The molecule has 0 aromatic carbocycles. The minimum absolute atomic E-state index is 0.0726. The highest BCUT2D eigenvalue weighted by Gasteiger charge is 2.39. The summed E-state index contributed by atoms with van der Waals surface area (Å²) in [5, 5.41) is 2.32. The number of carbonyl (C=O) groups excluding carboxylic acids is 4. The number of amides is 2. The van der Waals surface area contributed by atoms with Crippen LogP contribution in [0.2, 0.25) is 0 Å². The zero-order valence-corrected chi connectivity index (χ0v) is 15.0. The summed E-state index contributed by atoms with van der Waals surface area (Å²) in [5.41, 5.74) is 1.12. The number of carbonyl (C=O) groups is 4. The smallest absolute Gasteiger partial charge is 0.226 e. The van der Waals surface area contributed by atoms with Crippen LogP contribution in [0.3, 0.4) is 0 Å². The van der Waals surface area contributed by atoms with Crippen molar-refractivity contribution in [3.63, 3.8) is 0 Å². The number of likely N-dealkylation sites (tertiary alicyclic amines) is 1. The summed E-state index contributed by atoms with van der Waals surface area (Å²) < 4.78 is 0. The van der Waals surface area contributed by atoms with Gasteiger partial charge in [-0.25, -0.2) is 0 Å². The van der Waals surface area contributed by atoms with E-state index in [0.29, 0.717) is 18.4 Å². The fourth-order valence-corrected chi connectivity index (χ4v) is 4.29. The second kappa shape index (κ2) is 7.10. The van der Waals surface area contributed by atoms with Gasteiger partial charge in [0.1, 0.15) is 0 Å². The zero-order valence-electron chi connectivity index (χ0n) is 15.0. The number of rotatable bonds is 3. The Morgan fingerprint density at radius 2 is 1.48 bits per heavy atom. The molecule has 6 nitrogen and oxygen atoms in total. The van der Waals surface area contributed by atoms with Crippen molar-refractivity contribution in [3.8, 4) is 0 Å². The third-order valence-electron chi connectivity index (χ3n) is 5.58. The molecule has 25 heavy (non-hydrogen) atoms. The van der Waals surface area contributed by atoms with Crippen molar-refractivity contribution in [2.45, 2.75) is 52.4 Å². The predicted octanol–water partition coefficient (Wildman–Crippen LogP) is 1.59. The van der Waals surface area contributed by atoms with Crippen LogP contribution in [0.15, 0.2) is 11.3 Å². The highest BCUT2D eigenvalue weighted by atomic mass is 16.2.